The lowest BCUT2D eigenvalue weighted by Crippen LogP contribution is -2.41. The van der Waals surface area contributed by atoms with Gasteiger partial charge in [0, 0.05) is 44.7 Å². The molecular weight excluding hydrogens is 524 g/mol. The number of methoxy groups -OCH3 is 1. The van der Waals surface area contributed by atoms with E-state index in [-0.39, 0.29) is 31.6 Å². The highest BCUT2D eigenvalue weighted by Gasteiger charge is 2.47. The molecule has 2 heterocycles. The van der Waals surface area contributed by atoms with Crippen LogP contribution in [0, 0.1) is 5.92 Å². The molecule has 3 atom stereocenters. The summed E-state index contributed by atoms with van der Waals surface area (Å²) in [6.07, 6.45) is 0.674. The smallest absolute Gasteiger partial charge is 0.309 e. The summed E-state index contributed by atoms with van der Waals surface area (Å²) in [5, 5.41) is 10.5. The fourth-order valence-electron chi connectivity index (χ4n) is 5.46. The molecule has 0 bridgehead atoms. The summed E-state index contributed by atoms with van der Waals surface area (Å²) in [5.41, 5.74) is 1.69. The average Bonchev–Trinajstić information content (AvgIpc) is 3.55. The monoisotopic (exact) mass is 562 g/mol. The molecule has 0 amide bonds. The number of carboxylic acid groups (broad SMARTS) is 1. The number of nitrogens with zero attached hydrogens (tertiary/aromatic N) is 2. The topological polar surface area (TPSA) is 115 Å². The van der Waals surface area contributed by atoms with Crippen molar-refractivity contribution in [2.24, 2.45) is 5.92 Å². The Morgan fingerprint density at radius 1 is 1.08 bits per heavy atom. The van der Waals surface area contributed by atoms with Crippen LogP contribution in [0.2, 0.25) is 0 Å². The maximum Gasteiger partial charge on any atom is 0.309 e. The molecular formula is C28H38N2O8S. The lowest BCUT2D eigenvalue weighted by molar-refractivity contribution is -0.143. The maximum atomic E-state index is 13.1. The van der Waals surface area contributed by atoms with E-state index in [2.05, 4.69) is 4.90 Å². The predicted molar refractivity (Wildman–Crippen MR) is 146 cm³/mol. The zero-order valence-electron chi connectivity index (χ0n) is 22.7. The third-order valence-electron chi connectivity index (χ3n) is 7.36. The highest BCUT2D eigenvalue weighted by molar-refractivity contribution is 7.89. The first-order chi connectivity index (χ1) is 18.8. The number of aliphatic carboxylic acids is 1. The van der Waals surface area contributed by atoms with E-state index in [4.69, 9.17) is 18.9 Å². The number of sulfonamides is 1. The van der Waals surface area contributed by atoms with Crippen molar-refractivity contribution in [1.29, 1.82) is 0 Å². The normalized spacial score (nSPS) is 21.0. The zero-order chi connectivity index (χ0) is 28.0. The second kappa shape index (κ2) is 13.0. The minimum atomic E-state index is -3.52. The van der Waals surface area contributed by atoms with Crippen LogP contribution in [0.15, 0.2) is 42.5 Å². The fourth-order valence-corrected chi connectivity index (χ4v) is 6.86. The number of carboxylic acids is 1. The van der Waals surface area contributed by atoms with Crippen molar-refractivity contribution >= 4 is 16.0 Å². The highest BCUT2D eigenvalue weighted by atomic mass is 32.2. The first-order valence-corrected chi connectivity index (χ1v) is 15.0. The average molecular weight is 563 g/mol. The summed E-state index contributed by atoms with van der Waals surface area (Å²) in [6.45, 7) is 6.00. The lowest BCUT2D eigenvalue weighted by Gasteiger charge is -2.30. The van der Waals surface area contributed by atoms with E-state index in [0.717, 1.165) is 11.1 Å². The third kappa shape index (κ3) is 6.66. The summed E-state index contributed by atoms with van der Waals surface area (Å²) >= 11 is 0. The van der Waals surface area contributed by atoms with Crippen molar-refractivity contribution < 1.29 is 37.3 Å². The van der Waals surface area contributed by atoms with E-state index < -0.39 is 28.0 Å². The minimum Gasteiger partial charge on any atom is -0.497 e. The molecule has 0 aliphatic carbocycles. The van der Waals surface area contributed by atoms with Crippen LogP contribution in [-0.4, -0.2) is 87.7 Å². The van der Waals surface area contributed by atoms with E-state index in [1.165, 1.54) is 4.31 Å². The molecule has 2 aliphatic rings. The number of ether oxygens (including phenoxy) is 4. The second-order valence-electron chi connectivity index (χ2n) is 9.71. The van der Waals surface area contributed by atoms with Crippen LogP contribution in [0.4, 0.5) is 0 Å². The molecule has 2 aromatic rings. The second-order valence-corrected chi connectivity index (χ2v) is 11.8. The third-order valence-corrected chi connectivity index (χ3v) is 9.19. The molecule has 4 rings (SSSR count). The van der Waals surface area contributed by atoms with Crippen LogP contribution < -0.4 is 14.2 Å². The number of rotatable bonds is 14. The summed E-state index contributed by atoms with van der Waals surface area (Å²) in [7, 11) is -1.94. The van der Waals surface area contributed by atoms with E-state index >= 15 is 0 Å². The molecule has 1 fully saturated rings. The first kappa shape index (κ1) is 29.1. The van der Waals surface area contributed by atoms with Gasteiger partial charge in [-0.1, -0.05) is 25.1 Å². The molecule has 2 aromatic carbocycles. The van der Waals surface area contributed by atoms with Gasteiger partial charge in [-0.05, 0) is 48.7 Å². The van der Waals surface area contributed by atoms with Gasteiger partial charge in [0.05, 0.1) is 25.4 Å². The van der Waals surface area contributed by atoms with Gasteiger partial charge in [-0.15, -0.1) is 0 Å². The van der Waals surface area contributed by atoms with Crippen molar-refractivity contribution in [2.75, 3.05) is 59.0 Å². The maximum absolute atomic E-state index is 13.1. The van der Waals surface area contributed by atoms with Gasteiger partial charge in [-0.3, -0.25) is 9.69 Å². The number of fused-ring (bicyclic) bond motifs is 1. The Kier molecular flexibility index (Phi) is 9.71. The molecule has 2 aliphatic heterocycles. The molecule has 0 spiro atoms. The number of hydrogen-bond donors (Lipinski definition) is 1. The van der Waals surface area contributed by atoms with Crippen LogP contribution in [0.25, 0.3) is 0 Å². The van der Waals surface area contributed by atoms with Gasteiger partial charge in [0.25, 0.3) is 0 Å². The summed E-state index contributed by atoms with van der Waals surface area (Å²) in [5.74, 6) is -0.162. The Balaban J connectivity index is 1.64. The minimum absolute atomic E-state index is 0.0830. The summed E-state index contributed by atoms with van der Waals surface area (Å²) in [4.78, 5) is 14.9. The Labute approximate surface area is 230 Å². The van der Waals surface area contributed by atoms with E-state index in [0.29, 0.717) is 49.9 Å². The van der Waals surface area contributed by atoms with Crippen molar-refractivity contribution in [1.82, 2.24) is 9.21 Å². The summed E-state index contributed by atoms with van der Waals surface area (Å²) in [6, 6.07) is 12.5. The molecule has 10 nitrogen and oxygen atoms in total. The summed E-state index contributed by atoms with van der Waals surface area (Å²) < 4.78 is 49.3. The molecule has 0 aromatic heterocycles. The number of hydrogen-bond acceptors (Lipinski definition) is 8. The first-order valence-electron chi connectivity index (χ1n) is 13.3. The van der Waals surface area contributed by atoms with Crippen LogP contribution in [0.1, 0.15) is 43.4 Å². The van der Waals surface area contributed by atoms with Crippen LogP contribution >= 0.6 is 0 Å². The van der Waals surface area contributed by atoms with Gasteiger partial charge in [0.2, 0.25) is 16.8 Å². The Hall–Kier alpha value is -2.86. The van der Waals surface area contributed by atoms with Crippen LogP contribution in [-0.2, 0) is 19.6 Å². The Morgan fingerprint density at radius 3 is 2.46 bits per heavy atom. The number of carbonyl (C=O) groups is 1. The lowest BCUT2D eigenvalue weighted by atomic mass is 9.82. The molecule has 1 N–H and O–H groups in total. The fraction of sp³-hybridized carbons (Fsp3) is 0.536. The van der Waals surface area contributed by atoms with Crippen LogP contribution in [0.5, 0.6) is 17.2 Å². The molecule has 39 heavy (non-hydrogen) atoms. The molecule has 214 valence electrons. The largest absolute Gasteiger partial charge is 0.497 e. The number of likely N-dealkylation sites (tertiary alicyclic amines) is 1. The SMILES string of the molecule is CCCN(CCN1CC(c2ccc3c(c2)OCO3)C(C(=O)O)C1c1ccc(OC)cc1)S(=O)(=O)CCOCC. The zero-order valence-corrected chi connectivity index (χ0v) is 23.6. The molecule has 0 saturated carbocycles. The van der Waals surface area contributed by atoms with Gasteiger partial charge in [-0.25, -0.2) is 12.7 Å². The van der Waals surface area contributed by atoms with E-state index in [1.54, 1.807) is 7.11 Å². The van der Waals surface area contributed by atoms with Gasteiger partial charge in [-0.2, -0.15) is 0 Å². The number of benzene rings is 2. The quantitative estimate of drug-likeness (QED) is 0.346. The van der Waals surface area contributed by atoms with Crippen molar-refractivity contribution in [3.05, 3.63) is 53.6 Å². The predicted octanol–water partition coefficient (Wildman–Crippen LogP) is 3.34. The Bertz CT molecular complexity index is 1220. The van der Waals surface area contributed by atoms with Crippen LogP contribution in [0.3, 0.4) is 0 Å². The van der Waals surface area contributed by atoms with E-state index in [9.17, 15) is 18.3 Å². The van der Waals surface area contributed by atoms with Gasteiger partial charge in [0.15, 0.2) is 11.5 Å². The van der Waals surface area contributed by atoms with Crippen molar-refractivity contribution in [3.63, 3.8) is 0 Å². The standard InChI is InChI=1S/C28H38N2O8S/c1-4-12-30(39(33,34)16-15-36-5-2)14-13-29-18-23(21-8-11-24-25(17-21)38-19-37-24)26(28(31)32)27(29)20-6-9-22(35-3)10-7-20/h6-11,17,23,26-27H,4-5,12-16,18-19H2,1-3H3,(H,31,32). The Morgan fingerprint density at radius 2 is 1.79 bits per heavy atom. The van der Waals surface area contributed by atoms with Gasteiger partial charge < -0.3 is 24.1 Å². The van der Waals surface area contributed by atoms with Gasteiger partial charge in [0.1, 0.15) is 5.75 Å². The molecule has 0 radical (unpaired) electrons. The molecule has 1 saturated heterocycles. The van der Waals surface area contributed by atoms with Gasteiger partial charge >= 0.3 is 5.97 Å². The molecule has 11 heteroatoms. The highest BCUT2D eigenvalue weighted by Crippen LogP contribution is 2.47. The van der Waals surface area contributed by atoms with Crippen molar-refractivity contribution in [3.8, 4) is 17.2 Å². The molecule has 3 unspecified atom stereocenters. The van der Waals surface area contributed by atoms with Crippen molar-refractivity contribution in [2.45, 2.75) is 32.2 Å². The van der Waals surface area contributed by atoms with E-state index in [1.807, 2.05) is 56.3 Å².